The van der Waals surface area contributed by atoms with Crippen molar-refractivity contribution in [1.29, 1.82) is 0 Å². The van der Waals surface area contributed by atoms with E-state index in [4.69, 9.17) is 0 Å². The number of fused-ring (bicyclic) bond motifs is 1. The number of amides is 1. The predicted molar refractivity (Wildman–Crippen MR) is 103 cm³/mol. The lowest BCUT2D eigenvalue weighted by atomic mass is 10.1. The first-order chi connectivity index (χ1) is 12.3. The van der Waals surface area contributed by atoms with Gasteiger partial charge in [-0.1, -0.05) is 18.2 Å². The summed E-state index contributed by atoms with van der Waals surface area (Å²) in [6.07, 6.45) is 1.17. The molecule has 2 aromatic rings. The van der Waals surface area contributed by atoms with Crippen molar-refractivity contribution in [3.05, 3.63) is 53.6 Å². The smallest absolute Gasteiger partial charge is 0.286 e. The van der Waals surface area contributed by atoms with E-state index in [0.717, 1.165) is 16.8 Å². The summed E-state index contributed by atoms with van der Waals surface area (Å²) in [6, 6.07) is 12.5. The average Bonchev–Trinajstić information content (AvgIpc) is 2.53. The van der Waals surface area contributed by atoms with Crippen molar-refractivity contribution in [2.75, 3.05) is 10.6 Å². The third kappa shape index (κ3) is 4.29. The number of sulfonamides is 1. The number of para-hydroxylation sites is 1. The number of hydrogen-bond acceptors (Lipinski definition) is 4. The summed E-state index contributed by atoms with van der Waals surface area (Å²) in [5.41, 5.74) is 3.48. The highest BCUT2D eigenvalue weighted by Crippen LogP contribution is 2.27. The van der Waals surface area contributed by atoms with Crippen LogP contribution in [0.4, 0.5) is 11.4 Å². The molecule has 0 aromatic heterocycles. The van der Waals surface area contributed by atoms with E-state index < -0.39 is 10.0 Å². The van der Waals surface area contributed by atoms with Gasteiger partial charge in [0.05, 0.1) is 5.69 Å². The van der Waals surface area contributed by atoms with E-state index >= 15 is 0 Å². The van der Waals surface area contributed by atoms with Crippen LogP contribution in [0.2, 0.25) is 0 Å². The molecule has 1 heterocycles. The second-order valence-electron chi connectivity index (χ2n) is 6.41. The molecule has 0 unspecified atom stereocenters. The number of rotatable bonds is 5. The van der Waals surface area contributed by atoms with Gasteiger partial charge in [-0.15, -0.1) is 4.40 Å². The van der Waals surface area contributed by atoms with E-state index in [2.05, 4.69) is 15.0 Å². The minimum Gasteiger partial charge on any atom is -0.342 e. The Morgan fingerprint density at radius 1 is 1.12 bits per heavy atom. The van der Waals surface area contributed by atoms with E-state index in [0.29, 0.717) is 24.4 Å². The first kappa shape index (κ1) is 18.1. The van der Waals surface area contributed by atoms with Crippen LogP contribution in [-0.2, 0) is 14.8 Å². The van der Waals surface area contributed by atoms with Gasteiger partial charge in [-0.2, -0.15) is 8.42 Å². The van der Waals surface area contributed by atoms with E-state index in [-0.39, 0.29) is 17.2 Å². The zero-order chi connectivity index (χ0) is 18.7. The fraction of sp³-hybridized carbons (Fsp3) is 0.263. The van der Waals surface area contributed by atoms with Gasteiger partial charge in [0.15, 0.2) is 0 Å². The van der Waals surface area contributed by atoms with Crippen LogP contribution in [0.25, 0.3) is 0 Å². The van der Waals surface area contributed by atoms with Gasteiger partial charge in [0, 0.05) is 18.5 Å². The summed E-state index contributed by atoms with van der Waals surface area (Å²) in [7, 11) is -3.68. The second-order valence-corrected chi connectivity index (χ2v) is 7.98. The third-order valence-corrected chi connectivity index (χ3v) is 5.37. The van der Waals surface area contributed by atoms with Gasteiger partial charge in [0.25, 0.3) is 10.0 Å². The Hall–Kier alpha value is -2.67. The Balaban J connectivity index is 1.57. The topological polar surface area (TPSA) is 87.6 Å². The standard InChI is InChI=1S/C19H21N3O3S/c1-13-10-14(2)12-15(11-13)20-19(23)9-5-8-18-21-16-6-3-4-7-17(16)26(24,25)22-18/h3-4,6-7,10-12H,5,8-9H2,1-2H3,(H,20,23)(H,21,22). The van der Waals surface area contributed by atoms with Gasteiger partial charge in [-0.05, 0) is 55.7 Å². The van der Waals surface area contributed by atoms with Crippen LogP contribution in [0.5, 0.6) is 0 Å². The molecule has 0 atom stereocenters. The molecule has 0 saturated heterocycles. The van der Waals surface area contributed by atoms with Crippen molar-refractivity contribution in [2.24, 2.45) is 4.40 Å². The average molecular weight is 371 g/mol. The number of carbonyl (C=O) groups excluding carboxylic acids is 1. The van der Waals surface area contributed by atoms with Gasteiger partial charge < -0.3 is 10.6 Å². The molecule has 0 fully saturated rings. The van der Waals surface area contributed by atoms with Crippen molar-refractivity contribution >= 4 is 33.1 Å². The highest BCUT2D eigenvalue weighted by molar-refractivity contribution is 7.90. The Bertz CT molecular complexity index is 961. The summed E-state index contributed by atoms with van der Waals surface area (Å²) in [5, 5.41) is 5.91. The number of nitrogens with zero attached hydrogens (tertiary/aromatic N) is 1. The van der Waals surface area contributed by atoms with E-state index in [1.807, 2.05) is 32.0 Å². The fourth-order valence-corrected chi connectivity index (χ4v) is 4.14. The molecule has 0 radical (unpaired) electrons. The Kier molecular flexibility index (Phi) is 5.08. The highest BCUT2D eigenvalue weighted by Gasteiger charge is 2.23. The first-order valence-electron chi connectivity index (χ1n) is 8.41. The first-order valence-corrected chi connectivity index (χ1v) is 9.85. The van der Waals surface area contributed by atoms with Crippen molar-refractivity contribution in [3.8, 4) is 0 Å². The zero-order valence-electron chi connectivity index (χ0n) is 14.7. The van der Waals surface area contributed by atoms with Crippen LogP contribution in [0.3, 0.4) is 0 Å². The van der Waals surface area contributed by atoms with Gasteiger partial charge in [-0.3, -0.25) is 4.79 Å². The molecule has 0 aliphatic carbocycles. The quantitative estimate of drug-likeness (QED) is 0.840. The molecule has 0 saturated carbocycles. The number of nitrogens with one attached hydrogen (secondary N) is 2. The molecule has 0 bridgehead atoms. The Morgan fingerprint density at radius 2 is 1.81 bits per heavy atom. The van der Waals surface area contributed by atoms with E-state index in [1.54, 1.807) is 18.2 Å². The van der Waals surface area contributed by atoms with Crippen LogP contribution < -0.4 is 10.6 Å². The largest absolute Gasteiger partial charge is 0.342 e. The minimum atomic E-state index is -3.68. The van der Waals surface area contributed by atoms with Crippen LogP contribution in [0, 0.1) is 13.8 Å². The maximum atomic E-state index is 12.2. The molecule has 1 aliphatic heterocycles. The number of benzene rings is 2. The van der Waals surface area contributed by atoms with Gasteiger partial charge >= 0.3 is 0 Å². The Morgan fingerprint density at radius 3 is 2.54 bits per heavy atom. The maximum Gasteiger partial charge on any atom is 0.286 e. The van der Waals surface area contributed by atoms with Crippen LogP contribution in [0.15, 0.2) is 51.8 Å². The van der Waals surface area contributed by atoms with Gasteiger partial charge in [0.2, 0.25) is 5.91 Å². The molecule has 2 aromatic carbocycles. The lowest BCUT2D eigenvalue weighted by Crippen LogP contribution is -2.22. The third-order valence-electron chi connectivity index (χ3n) is 4.00. The summed E-state index contributed by atoms with van der Waals surface area (Å²) in [4.78, 5) is 12.3. The summed E-state index contributed by atoms with van der Waals surface area (Å²) < 4.78 is 28.2. The molecule has 6 nitrogen and oxygen atoms in total. The Labute approximate surface area is 153 Å². The number of hydrogen-bond donors (Lipinski definition) is 2. The lowest BCUT2D eigenvalue weighted by Gasteiger charge is -2.17. The molecule has 136 valence electrons. The molecule has 26 heavy (non-hydrogen) atoms. The monoisotopic (exact) mass is 371 g/mol. The van der Waals surface area contributed by atoms with Gasteiger partial charge in [0.1, 0.15) is 10.7 Å². The van der Waals surface area contributed by atoms with E-state index in [9.17, 15) is 13.2 Å². The summed E-state index contributed by atoms with van der Waals surface area (Å²) in [6.45, 7) is 3.96. The zero-order valence-corrected chi connectivity index (χ0v) is 15.6. The normalized spacial score (nSPS) is 14.8. The molecule has 1 amide bonds. The molecular formula is C19H21N3O3S. The number of aryl methyl sites for hydroxylation is 2. The molecule has 7 heteroatoms. The van der Waals surface area contributed by atoms with Crippen LogP contribution >= 0.6 is 0 Å². The maximum absolute atomic E-state index is 12.2. The van der Waals surface area contributed by atoms with Crippen molar-refractivity contribution in [3.63, 3.8) is 0 Å². The van der Waals surface area contributed by atoms with Crippen LogP contribution in [0.1, 0.15) is 30.4 Å². The van der Waals surface area contributed by atoms with E-state index in [1.165, 1.54) is 6.07 Å². The number of anilines is 2. The van der Waals surface area contributed by atoms with Crippen molar-refractivity contribution < 1.29 is 13.2 Å². The van der Waals surface area contributed by atoms with Crippen LogP contribution in [-0.4, -0.2) is 20.2 Å². The number of amidine groups is 1. The highest BCUT2D eigenvalue weighted by atomic mass is 32.2. The summed E-state index contributed by atoms with van der Waals surface area (Å²) >= 11 is 0. The number of carbonyl (C=O) groups is 1. The second kappa shape index (κ2) is 7.29. The minimum absolute atomic E-state index is 0.102. The molecule has 3 rings (SSSR count). The predicted octanol–water partition coefficient (Wildman–Crippen LogP) is 3.63. The molecule has 1 aliphatic rings. The SMILES string of the molecule is Cc1cc(C)cc(NC(=O)CCCC2=NS(=O)(=O)c3ccccc3N2)c1. The summed E-state index contributed by atoms with van der Waals surface area (Å²) in [5.74, 6) is 0.262. The molecule has 0 spiro atoms. The molecular weight excluding hydrogens is 350 g/mol. The lowest BCUT2D eigenvalue weighted by molar-refractivity contribution is -0.116. The van der Waals surface area contributed by atoms with Gasteiger partial charge in [-0.25, -0.2) is 0 Å². The van der Waals surface area contributed by atoms with Crippen molar-refractivity contribution in [2.45, 2.75) is 38.0 Å². The van der Waals surface area contributed by atoms with Crippen molar-refractivity contribution in [1.82, 2.24) is 0 Å². The molecule has 2 N–H and O–H groups in total. The fourth-order valence-electron chi connectivity index (χ4n) is 2.96.